The van der Waals surface area contributed by atoms with Gasteiger partial charge in [-0.2, -0.15) is 4.31 Å². The monoisotopic (exact) mass is 378 g/mol. The summed E-state index contributed by atoms with van der Waals surface area (Å²) in [5.41, 5.74) is 7.09. The maximum atomic E-state index is 12.9. The number of carbonyl (C=O) groups is 1. The predicted molar refractivity (Wildman–Crippen MR) is 96.1 cm³/mol. The third kappa shape index (κ3) is 3.32. The van der Waals surface area contributed by atoms with Crippen molar-refractivity contribution in [3.05, 3.63) is 41.3 Å². The van der Waals surface area contributed by atoms with E-state index >= 15 is 0 Å². The highest BCUT2D eigenvalue weighted by atomic mass is 32.2. The number of hydrogen-bond donors (Lipinski definition) is 1. The van der Waals surface area contributed by atoms with Gasteiger partial charge in [0.05, 0.1) is 5.56 Å². The van der Waals surface area contributed by atoms with Crippen LogP contribution in [0.3, 0.4) is 0 Å². The van der Waals surface area contributed by atoms with E-state index in [4.69, 9.17) is 10.3 Å². The Kier molecular flexibility index (Phi) is 5.01. The van der Waals surface area contributed by atoms with Crippen molar-refractivity contribution in [1.82, 2.24) is 14.4 Å². The number of sulfonamides is 1. The van der Waals surface area contributed by atoms with Crippen LogP contribution >= 0.6 is 0 Å². The molecule has 8 nitrogen and oxygen atoms in total. The van der Waals surface area contributed by atoms with E-state index in [0.29, 0.717) is 43.0 Å². The maximum Gasteiger partial charge on any atom is 0.255 e. The Morgan fingerprint density at radius 3 is 2.54 bits per heavy atom. The summed E-state index contributed by atoms with van der Waals surface area (Å²) in [4.78, 5) is 14.5. The van der Waals surface area contributed by atoms with Gasteiger partial charge in [-0.15, -0.1) is 0 Å². The van der Waals surface area contributed by atoms with Gasteiger partial charge < -0.3 is 15.2 Å². The van der Waals surface area contributed by atoms with Crippen LogP contribution in [0.4, 0.5) is 5.69 Å². The molecule has 1 aromatic carbocycles. The fourth-order valence-electron chi connectivity index (χ4n) is 3.17. The van der Waals surface area contributed by atoms with Crippen molar-refractivity contribution in [3.8, 4) is 0 Å². The third-order valence-corrected chi connectivity index (χ3v) is 6.64. The number of hydrogen-bond acceptors (Lipinski definition) is 6. The van der Waals surface area contributed by atoms with Crippen molar-refractivity contribution < 1.29 is 17.7 Å². The molecule has 140 valence electrons. The van der Waals surface area contributed by atoms with Crippen LogP contribution in [0.1, 0.15) is 28.2 Å². The first-order valence-electron chi connectivity index (χ1n) is 8.39. The van der Waals surface area contributed by atoms with Crippen molar-refractivity contribution in [2.45, 2.75) is 25.2 Å². The summed E-state index contributed by atoms with van der Waals surface area (Å²) in [5.74, 6) is 0.0939. The first-order chi connectivity index (χ1) is 12.3. The number of aryl methyl sites for hydroxylation is 2. The van der Waals surface area contributed by atoms with Gasteiger partial charge in [-0.1, -0.05) is 17.3 Å². The topological polar surface area (TPSA) is 110 Å². The molecule has 1 saturated heterocycles. The Balaban J connectivity index is 1.79. The summed E-state index contributed by atoms with van der Waals surface area (Å²) in [6.07, 6.45) is 0.543. The van der Waals surface area contributed by atoms with Gasteiger partial charge in [0.15, 0.2) is 5.76 Å². The van der Waals surface area contributed by atoms with E-state index < -0.39 is 10.0 Å². The van der Waals surface area contributed by atoms with Crippen LogP contribution in [0.5, 0.6) is 0 Å². The highest BCUT2D eigenvalue weighted by Crippen LogP contribution is 2.24. The molecule has 0 saturated carbocycles. The van der Waals surface area contributed by atoms with Crippen LogP contribution < -0.4 is 5.73 Å². The SMILES string of the molecule is Cc1noc(C)c1S(=O)(=O)N1CCCN(C(=O)c2ccccc2N)CC1. The smallest absolute Gasteiger partial charge is 0.255 e. The highest BCUT2D eigenvalue weighted by Gasteiger charge is 2.33. The van der Waals surface area contributed by atoms with E-state index in [-0.39, 0.29) is 23.1 Å². The number of amides is 1. The summed E-state index contributed by atoms with van der Waals surface area (Å²) in [7, 11) is -3.71. The zero-order valence-corrected chi connectivity index (χ0v) is 15.6. The third-order valence-electron chi connectivity index (χ3n) is 4.50. The standard InChI is InChI=1S/C17H22N4O4S/c1-12-16(13(2)25-19-12)26(23,24)21-9-5-8-20(10-11-21)17(22)14-6-3-4-7-15(14)18/h3-4,6-7H,5,8-11,18H2,1-2H3. The first-order valence-corrected chi connectivity index (χ1v) is 9.83. The number of nitrogen functional groups attached to an aromatic ring is 1. The predicted octanol–water partition coefficient (Wildman–Crippen LogP) is 1.41. The van der Waals surface area contributed by atoms with Crippen LogP contribution in [0.2, 0.25) is 0 Å². The Labute approximate surface area is 152 Å². The zero-order valence-electron chi connectivity index (χ0n) is 14.8. The number of rotatable bonds is 3. The summed E-state index contributed by atoms with van der Waals surface area (Å²) in [6.45, 7) is 4.51. The zero-order chi connectivity index (χ0) is 18.9. The van der Waals surface area contributed by atoms with Crippen molar-refractivity contribution in [2.75, 3.05) is 31.9 Å². The van der Waals surface area contributed by atoms with Crippen LogP contribution in [0.25, 0.3) is 0 Å². The quantitative estimate of drug-likeness (QED) is 0.809. The van der Waals surface area contributed by atoms with Crippen LogP contribution in [0, 0.1) is 13.8 Å². The number of anilines is 1. The summed E-state index contributed by atoms with van der Waals surface area (Å²) in [5, 5.41) is 3.73. The number of benzene rings is 1. The van der Waals surface area contributed by atoms with E-state index in [2.05, 4.69) is 5.16 Å². The molecule has 0 radical (unpaired) electrons. The second-order valence-electron chi connectivity index (χ2n) is 6.29. The summed E-state index contributed by atoms with van der Waals surface area (Å²) in [6, 6.07) is 6.89. The molecule has 1 aliphatic rings. The van der Waals surface area contributed by atoms with E-state index in [1.54, 1.807) is 43.0 Å². The second kappa shape index (κ2) is 7.08. The Hall–Kier alpha value is -2.39. The van der Waals surface area contributed by atoms with Gasteiger partial charge in [-0.05, 0) is 32.4 Å². The molecule has 1 fully saturated rings. The van der Waals surface area contributed by atoms with Crippen molar-refractivity contribution in [3.63, 3.8) is 0 Å². The number of nitrogens with two attached hydrogens (primary N) is 1. The van der Waals surface area contributed by atoms with Crippen molar-refractivity contribution in [1.29, 1.82) is 0 Å². The van der Waals surface area contributed by atoms with E-state index in [9.17, 15) is 13.2 Å². The van der Waals surface area contributed by atoms with Gasteiger partial charge in [-0.3, -0.25) is 4.79 Å². The van der Waals surface area contributed by atoms with Crippen LogP contribution in [-0.4, -0.2) is 54.9 Å². The highest BCUT2D eigenvalue weighted by molar-refractivity contribution is 7.89. The molecular weight excluding hydrogens is 356 g/mol. The number of aromatic nitrogens is 1. The lowest BCUT2D eigenvalue weighted by Gasteiger charge is -2.22. The first kappa shape index (κ1) is 18.4. The molecule has 2 N–H and O–H groups in total. The number of nitrogens with zero attached hydrogens (tertiary/aromatic N) is 3. The molecule has 0 unspecified atom stereocenters. The molecule has 0 spiro atoms. The minimum atomic E-state index is -3.71. The largest absolute Gasteiger partial charge is 0.398 e. The van der Waals surface area contributed by atoms with Gasteiger partial charge in [0, 0.05) is 31.9 Å². The second-order valence-corrected chi connectivity index (χ2v) is 8.17. The van der Waals surface area contributed by atoms with E-state index in [1.807, 2.05) is 0 Å². The van der Waals surface area contributed by atoms with E-state index in [0.717, 1.165) is 0 Å². The maximum absolute atomic E-state index is 12.9. The van der Waals surface area contributed by atoms with Crippen LogP contribution in [-0.2, 0) is 10.0 Å². The van der Waals surface area contributed by atoms with Crippen molar-refractivity contribution in [2.24, 2.45) is 0 Å². The molecule has 26 heavy (non-hydrogen) atoms. The molecule has 9 heteroatoms. The molecule has 0 aliphatic carbocycles. The molecule has 0 bridgehead atoms. The molecular formula is C17H22N4O4S. The number of carbonyl (C=O) groups excluding carboxylic acids is 1. The Morgan fingerprint density at radius 2 is 1.88 bits per heavy atom. The van der Waals surface area contributed by atoms with Gasteiger partial charge in [0.1, 0.15) is 10.6 Å². The average molecular weight is 378 g/mol. The minimum absolute atomic E-state index is 0.115. The molecule has 2 heterocycles. The normalized spacial score (nSPS) is 16.5. The van der Waals surface area contributed by atoms with Gasteiger partial charge in [0.2, 0.25) is 10.0 Å². The average Bonchev–Trinajstić information content (AvgIpc) is 2.81. The van der Waals surface area contributed by atoms with E-state index in [1.165, 1.54) is 4.31 Å². The molecule has 0 atom stereocenters. The minimum Gasteiger partial charge on any atom is -0.398 e. The fourth-order valence-corrected chi connectivity index (χ4v) is 4.93. The molecule has 1 aliphatic heterocycles. The Morgan fingerprint density at radius 1 is 1.15 bits per heavy atom. The lowest BCUT2D eigenvalue weighted by molar-refractivity contribution is 0.0765. The van der Waals surface area contributed by atoms with Gasteiger partial charge in [0.25, 0.3) is 5.91 Å². The van der Waals surface area contributed by atoms with Gasteiger partial charge >= 0.3 is 0 Å². The molecule has 2 aromatic rings. The Bertz CT molecular complexity index is 903. The summed E-state index contributed by atoms with van der Waals surface area (Å²) < 4.78 is 32.3. The molecule has 1 amide bonds. The molecule has 1 aromatic heterocycles. The van der Waals surface area contributed by atoms with Gasteiger partial charge in [-0.25, -0.2) is 8.42 Å². The summed E-state index contributed by atoms with van der Waals surface area (Å²) >= 11 is 0. The fraction of sp³-hybridized carbons (Fsp3) is 0.412. The lowest BCUT2D eigenvalue weighted by Crippen LogP contribution is -2.37. The van der Waals surface area contributed by atoms with Crippen LogP contribution in [0.15, 0.2) is 33.7 Å². The lowest BCUT2D eigenvalue weighted by atomic mass is 10.1. The number of para-hydroxylation sites is 1. The molecule has 3 rings (SSSR count). The van der Waals surface area contributed by atoms with Crippen molar-refractivity contribution >= 4 is 21.6 Å².